The van der Waals surface area contributed by atoms with Crippen molar-refractivity contribution in [1.82, 2.24) is 4.90 Å². The number of likely N-dealkylation sites (tertiary alicyclic amines) is 1. The summed E-state index contributed by atoms with van der Waals surface area (Å²) < 4.78 is 7.02. The molecule has 0 aliphatic carbocycles. The maximum absolute atomic E-state index is 12.6. The van der Waals surface area contributed by atoms with E-state index < -0.39 is 0 Å². The Balaban J connectivity index is 1.34. The van der Waals surface area contributed by atoms with E-state index in [-0.39, 0.29) is 5.78 Å². The molecule has 1 aliphatic rings. The summed E-state index contributed by atoms with van der Waals surface area (Å²) in [5.41, 5.74) is 2.70. The van der Waals surface area contributed by atoms with Crippen molar-refractivity contribution in [2.45, 2.75) is 25.4 Å². The average molecular weight is 450 g/mol. The summed E-state index contributed by atoms with van der Waals surface area (Å²) in [4.78, 5) is 15.1. The minimum atomic E-state index is 0.0221. The molecule has 4 heteroatoms. The minimum Gasteiger partial charge on any atom is -0.492 e. The first-order valence-corrected chi connectivity index (χ1v) is 10.8. The van der Waals surface area contributed by atoms with Crippen molar-refractivity contribution in [3.63, 3.8) is 0 Å². The van der Waals surface area contributed by atoms with Crippen LogP contribution in [0.2, 0.25) is 0 Å². The Hall–Kier alpha value is -2.43. The molecule has 3 aromatic rings. The number of ketones is 1. The molecule has 0 N–H and O–H groups in total. The van der Waals surface area contributed by atoms with Crippen LogP contribution in [0.5, 0.6) is 5.75 Å². The quantitative estimate of drug-likeness (QED) is 0.431. The first-order chi connectivity index (χ1) is 14.2. The van der Waals surface area contributed by atoms with Crippen LogP contribution < -0.4 is 4.74 Å². The molecule has 1 fully saturated rings. The smallest absolute Gasteiger partial charge is 0.193 e. The Bertz CT molecular complexity index is 939. The highest BCUT2D eigenvalue weighted by Gasteiger charge is 2.25. The van der Waals surface area contributed by atoms with Gasteiger partial charge in [0.25, 0.3) is 0 Å². The van der Waals surface area contributed by atoms with Crippen molar-refractivity contribution < 1.29 is 9.53 Å². The van der Waals surface area contributed by atoms with Gasteiger partial charge in [-0.2, -0.15) is 0 Å². The minimum absolute atomic E-state index is 0.0221. The number of hydrogen-bond donors (Lipinski definition) is 0. The zero-order valence-corrected chi connectivity index (χ0v) is 17.8. The molecule has 1 heterocycles. The Morgan fingerprint density at radius 3 is 2.28 bits per heavy atom. The molecule has 1 unspecified atom stereocenters. The van der Waals surface area contributed by atoms with Gasteiger partial charge in [-0.1, -0.05) is 46.3 Å². The fourth-order valence-corrected chi connectivity index (χ4v) is 4.04. The maximum Gasteiger partial charge on any atom is 0.193 e. The highest BCUT2D eigenvalue weighted by Crippen LogP contribution is 2.22. The molecule has 0 bridgehead atoms. The van der Waals surface area contributed by atoms with E-state index in [2.05, 4.69) is 51.2 Å². The van der Waals surface area contributed by atoms with E-state index in [4.69, 9.17) is 4.74 Å². The van der Waals surface area contributed by atoms with Crippen LogP contribution in [0.4, 0.5) is 0 Å². The van der Waals surface area contributed by atoms with Crippen molar-refractivity contribution in [2.24, 2.45) is 0 Å². The highest BCUT2D eigenvalue weighted by molar-refractivity contribution is 9.10. The van der Waals surface area contributed by atoms with Crippen molar-refractivity contribution in [3.8, 4) is 5.75 Å². The fraction of sp³-hybridized carbons (Fsp3) is 0.240. The third-order valence-electron chi connectivity index (χ3n) is 5.39. The van der Waals surface area contributed by atoms with Crippen LogP contribution in [0, 0.1) is 0 Å². The van der Waals surface area contributed by atoms with Gasteiger partial charge in [0, 0.05) is 28.2 Å². The number of hydrogen-bond acceptors (Lipinski definition) is 3. The molecule has 0 amide bonds. The summed E-state index contributed by atoms with van der Waals surface area (Å²) in [6, 6.07) is 25.9. The summed E-state index contributed by atoms with van der Waals surface area (Å²) in [6.07, 6.45) is 2.37. The normalized spacial score (nSPS) is 16.7. The monoisotopic (exact) mass is 449 g/mol. The second-order valence-electron chi connectivity index (χ2n) is 7.42. The summed E-state index contributed by atoms with van der Waals surface area (Å²) in [5, 5.41) is 0. The van der Waals surface area contributed by atoms with Crippen molar-refractivity contribution in [2.75, 3.05) is 13.2 Å². The number of halogens is 1. The molecule has 3 nitrogen and oxygen atoms in total. The Morgan fingerprint density at radius 1 is 0.931 bits per heavy atom. The van der Waals surface area contributed by atoms with Gasteiger partial charge in [-0.15, -0.1) is 0 Å². The third-order valence-corrected chi connectivity index (χ3v) is 5.92. The first kappa shape index (κ1) is 19.9. The summed E-state index contributed by atoms with van der Waals surface area (Å²) in [5.74, 6) is 0.831. The first-order valence-electron chi connectivity index (χ1n) is 10.0. The molecule has 1 saturated heterocycles. The molecule has 1 aliphatic heterocycles. The van der Waals surface area contributed by atoms with Gasteiger partial charge < -0.3 is 4.74 Å². The molecular weight excluding hydrogens is 426 g/mol. The SMILES string of the molecule is O=C(c1ccc(Br)cc1)c1ccc(OCC2CCCN2Cc2ccccc2)cc1. The van der Waals surface area contributed by atoms with Gasteiger partial charge in [-0.3, -0.25) is 9.69 Å². The van der Waals surface area contributed by atoms with E-state index in [0.29, 0.717) is 23.8 Å². The topological polar surface area (TPSA) is 29.5 Å². The van der Waals surface area contributed by atoms with Crippen LogP contribution in [0.3, 0.4) is 0 Å². The number of nitrogens with zero attached hydrogens (tertiary/aromatic N) is 1. The zero-order valence-electron chi connectivity index (χ0n) is 16.3. The highest BCUT2D eigenvalue weighted by atomic mass is 79.9. The number of carbonyl (C=O) groups is 1. The number of ether oxygens (including phenoxy) is 1. The van der Waals surface area contributed by atoms with Gasteiger partial charge >= 0.3 is 0 Å². The van der Waals surface area contributed by atoms with Crippen LogP contribution in [0.15, 0.2) is 83.3 Å². The summed E-state index contributed by atoms with van der Waals surface area (Å²) >= 11 is 3.40. The average Bonchev–Trinajstić information content (AvgIpc) is 3.20. The van der Waals surface area contributed by atoms with E-state index in [1.165, 1.54) is 12.0 Å². The van der Waals surface area contributed by atoms with Gasteiger partial charge in [0.05, 0.1) is 0 Å². The van der Waals surface area contributed by atoms with Crippen molar-refractivity contribution >= 4 is 21.7 Å². The Kier molecular flexibility index (Phi) is 6.43. The standard InChI is InChI=1S/C25H24BrNO2/c26-22-12-8-20(9-13-22)25(28)21-10-14-24(15-11-21)29-18-23-7-4-16-27(23)17-19-5-2-1-3-6-19/h1-3,5-6,8-15,23H,4,7,16-18H2. The van der Waals surface area contributed by atoms with Crippen LogP contribution in [-0.4, -0.2) is 29.9 Å². The number of benzene rings is 3. The largest absolute Gasteiger partial charge is 0.492 e. The van der Waals surface area contributed by atoms with E-state index in [9.17, 15) is 4.79 Å². The van der Waals surface area contributed by atoms with Crippen LogP contribution in [-0.2, 0) is 6.54 Å². The molecule has 148 valence electrons. The van der Waals surface area contributed by atoms with Crippen LogP contribution in [0.1, 0.15) is 34.3 Å². The maximum atomic E-state index is 12.6. The van der Waals surface area contributed by atoms with Gasteiger partial charge in [0.2, 0.25) is 0 Å². The van der Waals surface area contributed by atoms with Gasteiger partial charge in [-0.25, -0.2) is 0 Å². The summed E-state index contributed by atoms with van der Waals surface area (Å²) in [6.45, 7) is 2.76. The molecule has 29 heavy (non-hydrogen) atoms. The van der Waals surface area contributed by atoms with Crippen molar-refractivity contribution in [1.29, 1.82) is 0 Å². The van der Waals surface area contributed by atoms with Crippen LogP contribution >= 0.6 is 15.9 Å². The molecular formula is C25H24BrNO2. The summed E-state index contributed by atoms with van der Waals surface area (Å²) in [7, 11) is 0. The van der Waals surface area contributed by atoms with Crippen molar-refractivity contribution in [3.05, 3.63) is 100 Å². The van der Waals surface area contributed by atoms with Gasteiger partial charge in [-0.05, 0) is 73.5 Å². The number of rotatable bonds is 7. The lowest BCUT2D eigenvalue weighted by atomic mass is 10.0. The Labute approximate surface area is 180 Å². The molecule has 4 rings (SSSR count). The third kappa shape index (κ3) is 5.14. The Morgan fingerprint density at radius 2 is 1.59 bits per heavy atom. The molecule has 1 atom stereocenters. The predicted molar refractivity (Wildman–Crippen MR) is 119 cm³/mol. The fourth-order valence-electron chi connectivity index (χ4n) is 3.77. The molecule has 3 aromatic carbocycles. The van der Waals surface area contributed by atoms with E-state index >= 15 is 0 Å². The molecule has 0 radical (unpaired) electrons. The molecule has 0 aromatic heterocycles. The van der Waals surface area contributed by atoms with Crippen LogP contribution in [0.25, 0.3) is 0 Å². The lowest BCUT2D eigenvalue weighted by Crippen LogP contribution is -2.33. The zero-order chi connectivity index (χ0) is 20.1. The molecule has 0 saturated carbocycles. The molecule has 0 spiro atoms. The number of carbonyl (C=O) groups excluding carboxylic acids is 1. The van der Waals surface area contributed by atoms with E-state index in [1.807, 2.05) is 48.5 Å². The van der Waals surface area contributed by atoms with Gasteiger partial charge in [0.1, 0.15) is 12.4 Å². The second-order valence-corrected chi connectivity index (χ2v) is 8.34. The van der Waals surface area contributed by atoms with E-state index in [0.717, 1.165) is 29.7 Å². The lowest BCUT2D eigenvalue weighted by Gasteiger charge is -2.24. The van der Waals surface area contributed by atoms with E-state index in [1.54, 1.807) is 0 Å². The van der Waals surface area contributed by atoms with Gasteiger partial charge in [0.15, 0.2) is 5.78 Å². The second kappa shape index (κ2) is 9.38. The predicted octanol–water partition coefficient (Wildman–Crippen LogP) is 5.72. The lowest BCUT2D eigenvalue weighted by molar-refractivity contribution is 0.103.